The molecule has 0 amide bonds. The molecule has 0 aliphatic carbocycles. The molecule has 29 heavy (non-hydrogen) atoms. The van der Waals surface area contributed by atoms with Crippen LogP contribution in [0, 0.1) is 6.92 Å². The molecule has 2 aliphatic heterocycles. The van der Waals surface area contributed by atoms with Gasteiger partial charge in [0.2, 0.25) is 5.89 Å². The number of aromatic nitrogens is 4. The van der Waals surface area contributed by atoms with Crippen LogP contribution in [-0.2, 0) is 23.1 Å². The van der Waals surface area contributed by atoms with Crippen LogP contribution in [0.5, 0.6) is 0 Å². The molecule has 0 saturated carbocycles. The number of hydrogen-bond donors (Lipinski definition) is 1. The molecular formula is C17H22F3N5O4. The first-order chi connectivity index (χ1) is 13.6. The lowest BCUT2D eigenvalue weighted by Crippen LogP contribution is -2.48. The molecule has 2 fully saturated rings. The van der Waals surface area contributed by atoms with Gasteiger partial charge in [-0.15, -0.1) is 0 Å². The highest BCUT2D eigenvalue weighted by Gasteiger charge is 2.42. The fraction of sp³-hybridized carbons (Fsp3) is 0.647. The van der Waals surface area contributed by atoms with E-state index in [1.807, 2.05) is 24.9 Å². The lowest BCUT2D eigenvalue weighted by molar-refractivity contribution is -0.192. The van der Waals surface area contributed by atoms with E-state index in [0.29, 0.717) is 11.9 Å². The fourth-order valence-electron chi connectivity index (χ4n) is 3.68. The number of likely N-dealkylation sites (tertiary alicyclic amines) is 1. The van der Waals surface area contributed by atoms with Gasteiger partial charge in [0.1, 0.15) is 0 Å². The minimum absolute atomic E-state index is 0.247. The molecule has 12 heteroatoms. The molecule has 2 aliphatic rings. The lowest BCUT2D eigenvalue weighted by atomic mass is 9.89. The summed E-state index contributed by atoms with van der Waals surface area (Å²) in [5.74, 6) is -1.07. The van der Waals surface area contributed by atoms with E-state index in [1.165, 1.54) is 5.56 Å². The molecule has 0 aromatic carbocycles. The SMILES string of the molecule is Cc1noc([C@H]2C[C@H]3OCC[C@H]3N(Cc3cnn(C)c3)C2)n1.O=C(O)C(F)(F)F. The third-order valence-corrected chi connectivity index (χ3v) is 4.89. The van der Waals surface area contributed by atoms with Crippen molar-refractivity contribution in [3.8, 4) is 0 Å². The van der Waals surface area contributed by atoms with Gasteiger partial charge in [0.15, 0.2) is 5.82 Å². The number of carboxylic acids is 1. The molecule has 4 rings (SSSR count). The number of alkyl halides is 3. The molecule has 3 atom stereocenters. The molecule has 160 valence electrons. The highest BCUT2D eigenvalue weighted by Crippen LogP contribution is 2.36. The number of aryl methyl sites for hydroxylation is 2. The average Bonchev–Trinajstić information content (AvgIpc) is 3.35. The standard InChI is InChI=1S/C15H21N5O2.C2HF3O2/c1-10-17-15(22-18-10)12-5-14-13(3-4-21-14)20(9-12)8-11-6-16-19(2)7-11;3-2(4,5)1(6)7/h6-7,12-14H,3-5,8-9H2,1-2H3;(H,6,7)/t12-,13+,14+;/m0./s1. The van der Waals surface area contributed by atoms with Crippen LogP contribution in [-0.4, -0.2) is 67.4 Å². The van der Waals surface area contributed by atoms with Crippen molar-refractivity contribution in [2.24, 2.45) is 7.05 Å². The van der Waals surface area contributed by atoms with Gasteiger partial charge in [-0.1, -0.05) is 5.16 Å². The number of hydrogen-bond acceptors (Lipinski definition) is 7. The third kappa shape index (κ3) is 5.32. The lowest BCUT2D eigenvalue weighted by Gasteiger charge is -2.39. The maximum Gasteiger partial charge on any atom is 0.490 e. The van der Waals surface area contributed by atoms with Gasteiger partial charge in [0.25, 0.3) is 0 Å². The van der Waals surface area contributed by atoms with E-state index < -0.39 is 12.1 Å². The van der Waals surface area contributed by atoms with Crippen LogP contribution in [0.2, 0.25) is 0 Å². The summed E-state index contributed by atoms with van der Waals surface area (Å²) in [7, 11) is 1.95. The Balaban J connectivity index is 0.000000298. The Kier molecular flexibility index (Phi) is 6.22. The zero-order chi connectivity index (χ0) is 21.2. The first-order valence-corrected chi connectivity index (χ1v) is 9.07. The fourth-order valence-corrected chi connectivity index (χ4v) is 3.68. The minimum Gasteiger partial charge on any atom is -0.475 e. The number of ether oxygens (including phenoxy) is 1. The summed E-state index contributed by atoms with van der Waals surface area (Å²) in [5, 5.41) is 15.3. The van der Waals surface area contributed by atoms with Gasteiger partial charge in [0.05, 0.1) is 18.2 Å². The van der Waals surface area contributed by atoms with Crippen molar-refractivity contribution >= 4 is 5.97 Å². The molecule has 9 nitrogen and oxygen atoms in total. The van der Waals surface area contributed by atoms with Gasteiger partial charge >= 0.3 is 12.1 Å². The largest absolute Gasteiger partial charge is 0.490 e. The number of nitrogens with zero attached hydrogens (tertiary/aromatic N) is 5. The van der Waals surface area contributed by atoms with Gasteiger partial charge < -0.3 is 14.4 Å². The zero-order valence-electron chi connectivity index (χ0n) is 16.0. The normalized spacial score (nSPS) is 24.7. The number of carboxylic acid groups (broad SMARTS) is 1. The second-order valence-electron chi connectivity index (χ2n) is 7.13. The smallest absolute Gasteiger partial charge is 0.475 e. The molecule has 2 aromatic rings. The van der Waals surface area contributed by atoms with Crippen molar-refractivity contribution in [1.82, 2.24) is 24.8 Å². The van der Waals surface area contributed by atoms with E-state index in [0.717, 1.165) is 38.4 Å². The summed E-state index contributed by atoms with van der Waals surface area (Å²) in [5.41, 5.74) is 1.23. The molecule has 0 radical (unpaired) electrons. The Morgan fingerprint density at radius 3 is 2.69 bits per heavy atom. The zero-order valence-corrected chi connectivity index (χ0v) is 16.0. The van der Waals surface area contributed by atoms with Gasteiger partial charge in [0, 0.05) is 44.5 Å². The third-order valence-electron chi connectivity index (χ3n) is 4.89. The molecule has 0 bridgehead atoms. The van der Waals surface area contributed by atoms with Crippen LogP contribution in [0.4, 0.5) is 13.2 Å². The van der Waals surface area contributed by atoms with Crippen molar-refractivity contribution in [3.63, 3.8) is 0 Å². The molecule has 2 aromatic heterocycles. The monoisotopic (exact) mass is 417 g/mol. The Labute approximate surface area is 164 Å². The first-order valence-electron chi connectivity index (χ1n) is 9.07. The Morgan fingerprint density at radius 2 is 2.14 bits per heavy atom. The van der Waals surface area contributed by atoms with E-state index >= 15 is 0 Å². The van der Waals surface area contributed by atoms with Gasteiger partial charge in [-0.3, -0.25) is 9.58 Å². The van der Waals surface area contributed by atoms with Crippen LogP contribution < -0.4 is 0 Å². The number of aliphatic carboxylic acids is 1. The second kappa shape index (κ2) is 8.49. The first kappa shape index (κ1) is 21.2. The maximum atomic E-state index is 10.6. The quantitative estimate of drug-likeness (QED) is 0.807. The van der Waals surface area contributed by atoms with Crippen molar-refractivity contribution in [2.45, 2.75) is 50.6 Å². The topological polar surface area (TPSA) is 107 Å². The second-order valence-corrected chi connectivity index (χ2v) is 7.13. The minimum atomic E-state index is -5.08. The van der Waals surface area contributed by atoms with Crippen molar-refractivity contribution in [1.29, 1.82) is 0 Å². The number of carbonyl (C=O) groups is 1. The van der Waals surface area contributed by atoms with Crippen molar-refractivity contribution < 1.29 is 32.3 Å². The highest BCUT2D eigenvalue weighted by atomic mass is 19.4. The molecule has 4 heterocycles. The van der Waals surface area contributed by atoms with Crippen LogP contribution in [0.1, 0.15) is 36.0 Å². The number of halogens is 3. The predicted molar refractivity (Wildman–Crippen MR) is 91.8 cm³/mol. The molecule has 1 N–H and O–H groups in total. The Morgan fingerprint density at radius 1 is 1.41 bits per heavy atom. The van der Waals surface area contributed by atoms with Crippen LogP contribution >= 0.6 is 0 Å². The van der Waals surface area contributed by atoms with Gasteiger partial charge in [-0.25, -0.2) is 4.79 Å². The molecule has 0 unspecified atom stereocenters. The summed E-state index contributed by atoms with van der Waals surface area (Å²) in [4.78, 5) is 15.8. The summed E-state index contributed by atoms with van der Waals surface area (Å²) in [6.07, 6.45) is 1.26. The molecule has 0 spiro atoms. The van der Waals surface area contributed by atoms with E-state index in [1.54, 1.807) is 0 Å². The van der Waals surface area contributed by atoms with Crippen LogP contribution in [0.3, 0.4) is 0 Å². The Bertz CT molecular complexity index is 837. The van der Waals surface area contributed by atoms with E-state index in [4.69, 9.17) is 19.2 Å². The number of piperidine rings is 1. The van der Waals surface area contributed by atoms with Crippen LogP contribution in [0.25, 0.3) is 0 Å². The predicted octanol–water partition coefficient (Wildman–Crippen LogP) is 1.89. The highest BCUT2D eigenvalue weighted by molar-refractivity contribution is 5.73. The van der Waals surface area contributed by atoms with Gasteiger partial charge in [-0.2, -0.15) is 23.3 Å². The molecular weight excluding hydrogens is 395 g/mol. The van der Waals surface area contributed by atoms with Gasteiger partial charge in [-0.05, 0) is 19.8 Å². The van der Waals surface area contributed by atoms with E-state index in [9.17, 15) is 13.2 Å². The van der Waals surface area contributed by atoms with E-state index in [2.05, 4.69) is 26.3 Å². The van der Waals surface area contributed by atoms with Crippen molar-refractivity contribution in [2.75, 3.05) is 13.2 Å². The maximum absolute atomic E-state index is 10.6. The van der Waals surface area contributed by atoms with E-state index in [-0.39, 0.29) is 12.0 Å². The van der Waals surface area contributed by atoms with Crippen molar-refractivity contribution in [3.05, 3.63) is 29.7 Å². The summed E-state index contributed by atoms with van der Waals surface area (Å²) in [6, 6.07) is 0.487. The summed E-state index contributed by atoms with van der Waals surface area (Å²) in [6.45, 7) is 4.52. The van der Waals surface area contributed by atoms with Crippen LogP contribution in [0.15, 0.2) is 16.9 Å². The average molecular weight is 417 g/mol. The molecule has 2 saturated heterocycles. The Hall–Kier alpha value is -2.47. The number of rotatable bonds is 3. The summed E-state index contributed by atoms with van der Waals surface area (Å²) >= 11 is 0. The summed E-state index contributed by atoms with van der Waals surface area (Å²) < 4.78 is 44.9. The number of fused-ring (bicyclic) bond motifs is 1.